The summed E-state index contributed by atoms with van der Waals surface area (Å²) in [4.78, 5) is 3.99. The minimum atomic E-state index is -0.847. The molecule has 3 radical (unpaired) electrons. The second-order valence-electron chi connectivity index (χ2n) is 1.74. The van der Waals surface area contributed by atoms with Crippen LogP contribution in [0.15, 0.2) is 4.99 Å². The summed E-state index contributed by atoms with van der Waals surface area (Å²) in [6.45, 7) is 2.53. The first-order chi connectivity index (χ1) is 3.63. The maximum atomic E-state index is 7.34. The van der Waals surface area contributed by atoms with Crippen molar-refractivity contribution in [3.63, 3.8) is 0 Å². The summed E-state index contributed by atoms with van der Waals surface area (Å²) in [6.07, 6.45) is 0.679. The van der Waals surface area contributed by atoms with Crippen molar-refractivity contribution in [1.29, 1.82) is 0 Å². The average Bonchev–Trinajstić information content (AvgIpc) is 1.86. The molecule has 1 rings (SSSR count). The molecule has 1 aliphatic heterocycles. The fraction of sp³-hybridized carbons (Fsp3) is 0.800. The molecule has 0 aromatic heterocycles. The first-order valence-electron chi connectivity index (χ1n) is 2.93. The van der Waals surface area contributed by atoms with Gasteiger partial charge in [0.1, 0.15) is 0 Å². The topological polar surface area (TPSA) is 12.4 Å². The Kier molecular flexibility index (Phi) is 3.29. The Balaban J connectivity index is 0.000000640. The number of rotatable bonds is 0. The molecular weight excluding hydrogens is 174 g/mol. The minimum absolute atomic E-state index is 0. The molecule has 1 atom stereocenters. The van der Waals surface area contributed by atoms with Crippen LogP contribution in [0.2, 0.25) is 5.79 Å². The molecule has 0 fully saturated rings. The van der Waals surface area contributed by atoms with Crippen LogP contribution in [0.1, 0.15) is 14.7 Å². The van der Waals surface area contributed by atoms with Gasteiger partial charge in [0.15, 0.2) is 0 Å². The number of nitrogens with zero attached hydrogens (tertiary/aromatic N) is 1. The van der Waals surface area contributed by atoms with Gasteiger partial charge in [0.25, 0.3) is 0 Å². The predicted molar refractivity (Wildman–Crippen MR) is 32.1 cm³/mol. The predicted octanol–water partition coefficient (Wildman–Crippen LogP) is 0.805. The number of hydrogen-bond donors (Lipinski definition) is 0. The third kappa shape index (κ3) is 1.98. The van der Waals surface area contributed by atoms with Crippen molar-refractivity contribution in [2.75, 3.05) is 6.54 Å². The van der Waals surface area contributed by atoms with E-state index >= 15 is 0 Å². The molecule has 0 aromatic rings. The van der Waals surface area contributed by atoms with Crippen LogP contribution in [0.5, 0.6) is 0 Å². The molecule has 0 amide bonds. The molecular formula is C5H8BNY. The Morgan fingerprint density at radius 1 is 2.00 bits per heavy atom. The van der Waals surface area contributed by atoms with E-state index in [-0.39, 0.29) is 32.7 Å². The maximum absolute atomic E-state index is 7.34. The Hall–Kier alpha value is 0.839. The summed E-state index contributed by atoms with van der Waals surface area (Å²) >= 11 is 0. The van der Waals surface area contributed by atoms with Gasteiger partial charge < -0.3 is 0 Å². The summed E-state index contributed by atoms with van der Waals surface area (Å²) in [5.41, 5.74) is 0.762. The van der Waals surface area contributed by atoms with E-state index < -0.39 is 5.79 Å². The summed E-state index contributed by atoms with van der Waals surface area (Å²) in [6, 6.07) is 0. The minimum Gasteiger partial charge on any atom is -0.295 e. The van der Waals surface area contributed by atoms with Crippen molar-refractivity contribution in [2.24, 2.45) is 4.99 Å². The molecule has 0 saturated heterocycles. The van der Waals surface area contributed by atoms with E-state index in [0.29, 0.717) is 6.42 Å². The first-order valence-corrected chi connectivity index (χ1v) is 2.43. The monoisotopic (exact) mass is 183 g/mol. The normalized spacial score (nSPS) is 37.6. The second-order valence-corrected chi connectivity index (χ2v) is 1.74. The van der Waals surface area contributed by atoms with Gasteiger partial charge in [-0.25, -0.2) is 0 Å². The third-order valence-electron chi connectivity index (χ3n) is 1.19. The zero-order valence-corrected chi connectivity index (χ0v) is 7.85. The standard InChI is InChI=1S/C5H8BN.Y/c1-4-5(6)2-3-7-4;/h5H,2-3H2,1H3;/i5D;. The van der Waals surface area contributed by atoms with Crippen LogP contribution >= 0.6 is 0 Å². The smallest absolute Gasteiger partial charge is 0.0780 e. The van der Waals surface area contributed by atoms with Gasteiger partial charge in [0, 0.05) is 46.3 Å². The van der Waals surface area contributed by atoms with Gasteiger partial charge in [-0.05, 0) is 19.1 Å². The molecule has 0 bridgehead atoms. The summed E-state index contributed by atoms with van der Waals surface area (Å²) in [5.74, 6) is -0.847. The van der Waals surface area contributed by atoms with Crippen LogP contribution in [-0.2, 0) is 32.7 Å². The van der Waals surface area contributed by atoms with Gasteiger partial charge in [0.05, 0.1) is 7.85 Å². The summed E-state index contributed by atoms with van der Waals surface area (Å²) < 4.78 is 7.34. The van der Waals surface area contributed by atoms with E-state index in [1.807, 2.05) is 0 Å². The molecule has 0 spiro atoms. The van der Waals surface area contributed by atoms with Gasteiger partial charge in [-0.3, -0.25) is 4.99 Å². The van der Waals surface area contributed by atoms with E-state index in [1.54, 1.807) is 6.92 Å². The first kappa shape index (κ1) is 6.95. The van der Waals surface area contributed by atoms with Gasteiger partial charge in [-0.2, -0.15) is 0 Å². The van der Waals surface area contributed by atoms with Gasteiger partial charge >= 0.3 is 0 Å². The molecule has 3 heteroatoms. The second kappa shape index (κ2) is 3.79. The van der Waals surface area contributed by atoms with Crippen molar-refractivity contribution >= 4 is 13.6 Å². The molecule has 8 heavy (non-hydrogen) atoms. The summed E-state index contributed by atoms with van der Waals surface area (Å²) in [5, 5.41) is 0. The third-order valence-corrected chi connectivity index (χ3v) is 1.19. The van der Waals surface area contributed by atoms with Crippen LogP contribution in [0.3, 0.4) is 0 Å². The Morgan fingerprint density at radius 3 is 2.75 bits per heavy atom. The van der Waals surface area contributed by atoms with Crippen LogP contribution in [0, 0.1) is 0 Å². The van der Waals surface area contributed by atoms with E-state index in [9.17, 15) is 0 Å². The molecule has 1 unspecified atom stereocenters. The zero-order valence-electron chi connectivity index (χ0n) is 6.02. The summed E-state index contributed by atoms with van der Waals surface area (Å²) in [7, 11) is 5.46. The van der Waals surface area contributed by atoms with Crippen molar-refractivity contribution in [1.82, 2.24) is 0 Å². The van der Waals surface area contributed by atoms with Gasteiger partial charge in [0.2, 0.25) is 0 Å². The van der Waals surface area contributed by atoms with E-state index in [2.05, 4.69) is 4.99 Å². The average molecular weight is 183 g/mol. The van der Waals surface area contributed by atoms with Crippen molar-refractivity contribution in [2.45, 2.75) is 19.1 Å². The number of aliphatic imine (C=N–C) groups is 1. The quantitative estimate of drug-likeness (QED) is 0.492. The van der Waals surface area contributed by atoms with Gasteiger partial charge in [-0.15, -0.1) is 0 Å². The molecule has 1 nitrogen and oxygen atoms in total. The Labute approximate surface area is 78.0 Å². The zero-order chi connectivity index (χ0) is 6.20. The fourth-order valence-corrected chi connectivity index (χ4v) is 0.627. The van der Waals surface area contributed by atoms with Gasteiger partial charge in [-0.1, -0.05) is 0 Å². The SMILES string of the molecule is [2H]C1([B])CCN=C1C.[Y]. The molecule has 0 aromatic carbocycles. The van der Waals surface area contributed by atoms with Crippen LogP contribution < -0.4 is 0 Å². The van der Waals surface area contributed by atoms with Crippen LogP contribution in [0.25, 0.3) is 0 Å². The largest absolute Gasteiger partial charge is 0.295 e. The molecule has 0 saturated carbocycles. The van der Waals surface area contributed by atoms with Crippen LogP contribution in [0.4, 0.5) is 0 Å². The molecule has 1 heterocycles. The maximum Gasteiger partial charge on any atom is 0.0780 e. The Morgan fingerprint density at radius 2 is 2.62 bits per heavy atom. The molecule has 1 aliphatic rings. The fourth-order valence-electron chi connectivity index (χ4n) is 0.627. The van der Waals surface area contributed by atoms with Crippen LogP contribution in [-0.4, -0.2) is 20.1 Å². The molecule has 0 N–H and O–H groups in total. The molecule has 0 aliphatic carbocycles. The van der Waals surface area contributed by atoms with Crippen molar-refractivity contribution in [3.05, 3.63) is 0 Å². The van der Waals surface area contributed by atoms with E-state index in [4.69, 9.17) is 9.22 Å². The van der Waals surface area contributed by atoms with Crippen molar-refractivity contribution in [3.8, 4) is 0 Å². The van der Waals surface area contributed by atoms with E-state index in [0.717, 1.165) is 12.3 Å². The van der Waals surface area contributed by atoms with E-state index in [1.165, 1.54) is 0 Å². The Bertz CT molecular complexity index is 135. The number of hydrogen-bond acceptors (Lipinski definition) is 1. The molecule has 39 valence electrons. The van der Waals surface area contributed by atoms with Crippen molar-refractivity contribution < 1.29 is 34.1 Å².